The molecular weight excluding hydrogens is 256 g/mol. The number of carbonyl (C=O) groups excluding carboxylic acids is 1. The van der Waals surface area contributed by atoms with Gasteiger partial charge in [-0.1, -0.05) is 11.6 Å². The predicted octanol–water partition coefficient (Wildman–Crippen LogP) is 1.03. The van der Waals surface area contributed by atoms with Crippen molar-refractivity contribution in [3.05, 3.63) is 11.5 Å². The summed E-state index contributed by atoms with van der Waals surface area (Å²) in [5.74, 6) is 0.266. The summed E-state index contributed by atoms with van der Waals surface area (Å²) in [5, 5.41) is 3.66. The van der Waals surface area contributed by atoms with Gasteiger partial charge < -0.3 is 9.32 Å². The fourth-order valence-electron chi connectivity index (χ4n) is 2.33. The second-order valence-corrected chi connectivity index (χ2v) is 6.30. The first-order chi connectivity index (χ1) is 8.48. The van der Waals surface area contributed by atoms with E-state index in [-0.39, 0.29) is 10.7 Å². The summed E-state index contributed by atoms with van der Waals surface area (Å²) in [6.45, 7) is 3.52. The molecule has 0 radical (unpaired) electrons. The Morgan fingerprint density at radius 1 is 1.39 bits per heavy atom. The van der Waals surface area contributed by atoms with E-state index in [4.69, 9.17) is 4.52 Å². The number of rotatable bonds is 3. The van der Waals surface area contributed by atoms with E-state index in [0.29, 0.717) is 24.9 Å². The number of carbonyl (C=O) groups is 1. The lowest BCUT2D eigenvalue weighted by atomic mass is 10.1. The summed E-state index contributed by atoms with van der Waals surface area (Å²) in [6, 6.07) is -0.572. The Kier molecular flexibility index (Phi) is 3.54. The van der Waals surface area contributed by atoms with E-state index < -0.39 is 16.1 Å². The largest absolute Gasteiger partial charge is 0.360 e. The lowest BCUT2D eigenvalue weighted by Gasteiger charge is -2.30. The van der Waals surface area contributed by atoms with E-state index in [9.17, 15) is 13.2 Å². The van der Waals surface area contributed by atoms with Gasteiger partial charge in [-0.2, -0.15) is 4.31 Å². The van der Waals surface area contributed by atoms with Crippen molar-refractivity contribution in [2.75, 3.05) is 6.54 Å². The van der Waals surface area contributed by atoms with Crippen molar-refractivity contribution in [2.24, 2.45) is 0 Å². The maximum absolute atomic E-state index is 12.5. The van der Waals surface area contributed by atoms with Crippen molar-refractivity contribution in [1.29, 1.82) is 0 Å². The van der Waals surface area contributed by atoms with Gasteiger partial charge >= 0.3 is 0 Å². The summed E-state index contributed by atoms with van der Waals surface area (Å²) in [6.07, 6.45) is 2.92. The molecule has 6 nitrogen and oxygen atoms in total. The molecule has 1 fully saturated rings. The third kappa shape index (κ3) is 2.08. The normalized spacial score (nSPS) is 22.0. The first kappa shape index (κ1) is 13.2. The monoisotopic (exact) mass is 272 g/mol. The van der Waals surface area contributed by atoms with Gasteiger partial charge in [0.15, 0.2) is 5.76 Å². The third-order valence-corrected chi connectivity index (χ3v) is 5.36. The summed E-state index contributed by atoms with van der Waals surface area (Å²) in [4.78, 5) is 11.1. The number of piperidine rings is 1. The molecule has 1 aliphatic heterocycles. The molecule has 1 atom stereocenters. The Morgan fingerprint density at radius 3 is 2.67 bits per heavy atom. The number of aldehydes is 1. The molecule has 0 bridgehead atoms. The second kappa shape index (κ2) is 4.81. The number of aryl methyl sites for hydroxylation is 2. The highest BCUT2D eigenvalue weighted by Crippen LogP contribution is 2.28. The molecule has 2 rings (SSSR count). The van der Waals surface area contributed by atoms with Gasteiger partial charge in [0.25, 0.3) is 0 Å². The Morgan fingerprint density at radius 2 is 2.11 bits per heavy atom. The van der Waals surface area contributed by atoms with Gasteiger partial charge in [-0.3, -0.25) is 0 Å². The molecule has 0 saturated carbocycles. The van der Waals surface area contributed by atoms with Gasteiger partial charge in [-0.05, 0) is 26.7 Å². The molecular formula is C11H16N2O4S. The van der Waals surface area contributed by atoms with Crippen LogP contribution in [0.3, 0.4) is 0 Å². The van der Waals surface area contributed by atoms with Crippen molar-refractivity contribution in [1.82, 2.24) is 9.46 Å². The molecule has 0 amide bonds. The maximum Gasteiger partial charge on any atom is 0.249 e. The van der Waals surface area contributed by atoms with Crippen LogP contribution in [0.25, 0.3) is 0 Å². The Balaban J connectivity index is 2.45. The zero-order valence-electron chi connectivity index (χ0n) is 10.4. The highest BCUT2D eigenvalue weighted by Gasteiger charge is 2.36. The van der Waals surface area contributed by atoms with Crippen LogP contribution in [0.2, 0.25) is 0 Å². The van der Waals surface area contributed by atoms with Crippen LogP contribution in [0, 0.1) is 13.8 Å². The Hall–Kier alpha value is -1.21. The average Bonchev–Trinajstić information content (AvgIpc) is 2.69. The number of hydrogen-bond acceptors (Lipinski definition) is 5. The lowest BCUT2D eigenvalue weighted by Crippen LogP contribution is -2.44. The smallest absolute Gasteiger partial charge is 0.249 e. The van der Waals surface area contributed by atoms with Crippen LogP contribution in [-0.4, -0.2) is 36.8 Å². The van der Waals surface area contributed by atoms with Gasteiger partial charge in [-0.15, -0.1) is 0 Å². The number of nitrogens with zero attached hydrogens (tertiary/aromatic N) is 2. The summed E-state index contributed by atoms with van der Waals surface area (Å²) in [7, 11) is -3.70. The standard InChI is InChI=1S/C11H16N2O4S/c1-8-11(9(2)17-12-8)18(15,16)13-6-4-3-5-10(13)7-14/h7,10H,3-6H2,1-2H3. The van der Waals surface area contributed by atoms with Crippen LogP contribution in [0.1, 0.15) is 30.7 Å². The SMILES string of the molecule is Cc1noc(C)c1S(=O)(=O)N1CCCCC1C=O. The zero-order chi connectivity index (χ0) is 13.3. The Bertz CT molecular complexity index is 530. The number of hydrogen-bond donors (Lipinski definition) is 0. The third-order valence-electron chi connectivity index (χ3n) is 3.19. The minimum atomic E-state index is -3.70. The molecule has 0 aliphatic carbocycles. The van der Waals surface area contributed by atoms with E-state index in [1.165, 1.54) is 4.31 Å². The van der Waals surface area contributed by atoms with E-state index in [1.807, 2.05) is 0 Å². The van der Waals surface area contributed by atoms with Crippen molar-refractivity contribution in [3.63, 3.8) is 0 Å². The van der Waals surface area contributed by atoms with E-state index in [2.05, 4.69) is 5.16 Å². The van der Waals surface area contributed by atoms with Crippen molar-refractivity contribution in [3.8, 4) is 0 Å². The molecule has 0 spiro atoms. The van der Waals surface area contributed by atoms with Gasteiger partial charge in [0.1, 0.15) is 16.9 Å². The topological polar surface area (TPSA) is 80.5 Å². The van der Waals surface area contributed by atoms with Crippen LogP contribution in [0.15, 0.2) is 9.42 Å². The van der Waals surface area contributed by atoms with Gasteiger partial charge in [0.05, 0.1) is 6.04 Å². The molecule has 0 aromatic carbocycles. The molecule has 0 N–H and O–H groups in total. The van der Waals surface area contributed by atoms with Crippen molar-refractivity contribution < 1.29 is 17.7 Å². The molecule has 1 aromatic rings. The van der Waals surface area contributed by atoms with Crippen molar-refractivity contribution >= 4 is 16.3 Å². The first-order valence-electron chi connectivity index (χ1n) is 5.88. The molecule has 18 heavy (non-hydrogen) atoms. The van der Waals surface area contributed by atoms with E-state index in [0.717, 1.165) is 12.8 Å². The second-order valence-electron chi connectivity index (χ2n) is 4.47. The summed E-state index contributed by atoms with van der Waals surface area (Å²) < 4.78 is 31.2. The molecule has 100 valence electrons. The van der Waals surface area contributed by atoms with Crippen LogP contribution >= 0.6 is 0 Å². The van der Waals surface area contributed by atoms with Gasteiger partial charge in [0, 0.05) is 6.54 Å². The van der Waals surface area contributed by atoms with E-state index >= 15 is 0 Å². The molecule has 1 aromatic heterocycles. The fraction of sp³-hybridized carbons (Fsp3) is 0.636. The van der Waals surface area contributed by atoms with Gasteiger partial charge in [0.2, 0.25) is 10.0 Å². The average molecular weight is 272 g/mol. The minimum Gasteiger partial charge on any atom is -0.360 e. The van der Waals surface area contributed by atoms with Crippen molar-refractivity contribution in [2.45, 2.75) is 44.0 Å². The lowest BCUT2D eigenvalue weighted by molar-refractivity contribution is -0.111. The molecule has 1 saturated heterocycles. The van der Waals surface area contributed by atoms with Crippen LogP contribution in [0.4, 0.5) is 0 Å². The maximum atomic E-state index is 12.5. The minimum absolute atomic E-state index is 0.0938. The number of aromatic nitrogens is 1. The Labute approximate surface area is 106 Å². The number of sulfonamides is 1. The predicted molar refractivity (Wildman–Crippen MR) is 63.6 cm³/mol. The van der Waals surface area contributed by atoms with Gasteiger partial charge in [-0.25, -0.2) is 8.42 Å². The summed E-state index contributed by atoms with van der Waals surface area (Å²) in [5.41, 5.74) is 0.336. The molecule has 7 heteroatoms. The molecule has 2 heterocycles. The van der Waals surface area contributed by atoms with E-state index in [1.54, 1.807) is 13.8 Å². The fourth-order valence-corrected chi connectivity index (χ4v) is 4.25. The van der Waals surface area contributed by atoms with Crippen LogP contribution in [0.5, 0.6) is 0 Å². The van der Waals surface area contributed by atoms with Crippen LogP contribution in [-0.2, 0) is 14.8 Å². The highest BCUT2D eigenvalue weighted by molar-refractivity contribution is 7.89. The van der Waals surface area contributed by atoms with Crippen LogP contribution < -0.4 is 0 Å². The first-order valence-corrected chi connectivity index (χ1v) is 7.32. The molecule has 1 aliphatic rings. The molecule has 1 unspecified atom stereocenters. The summed E-state index contributed by atoms with van der Waals surface area (Å²) >= 11 is 0. The zero-order valence-corrected chi connectivity index (χ0v) is 11.2. The quantitative estimate of drug-likeness (QED) is 0.768. The highest BCUT2D eigenvalue weighted by atomic mass is 32.2.